The molecule has 0 amide bonds. The van der Waals surface area contributed by atoms with Gasteiger partial charge in [-0.05, 0) is 103 Å². The van der Waals surface area contributed by atoms with Crippen molar-refractivity contribution in [3.8, 4) is 33.4 Å². The highest BCUT2D eigenvalue weighted by Gasteiger charge is 2.39. The fraction of sp³-hybridized carbons (Fsp3) is 0.115. The first kappa shape index (κ1) is 31.6. The summed E-state index contributed by atoms with van der Waals surface area (Å²) in [6.07, 6.45) is 0. The highest BCUT2D eigenvalue weighted by Crippen LogP contribution is 2.56. The lowest BCUT2D eigenvalue weighted by atomic mass is 9.82. The molecule has 2 aliphatic carbocycles. The summed E-state index contributed by atoms with van der Waals surface area (Å²) in [5, 5.41) is 5.31. The van der Waals surface area contributed by atoms with Gasteiger partial charge in [0.15, 0.2) is 0 Å². The van der Waals surface area contributed by atoms with Gasteiger partial charge < -0.3 is 4.90 Å². The Morgan fingerprint density at radius 3 is 1.80 bits per heavy atom. The Balaban J connectivity index is 1.12. The van der Waals surface area contributed by atoms with Crippen LogP contribution in [-0.2, 0) is 10.8 Å². The summed E-state index contributed by atoms with van der Waals surface area (Å²) in [5.74, 6) is 0. The molecule has 0 N–H and O–H groups in total. The number of nitrogens with zero attached hydrogens (tertiary/aromatic N) is 1. The highest BCUT2D eigenvalue weighted by atomic mass is 32.1. The third-order valence-electron chi connectivity index (χ3n) is 12.5. The van der Waals surface area contributed by atoms with Crippen LogP contribution >= 0.6 is 11.3 Å². The summed E-state index contributed by atoms with van der Waals surface area (Å²) in [5.41, 5.74) is 16.7. The predicted molar refractivity (Wildman–Crippen MR) is 232 cm³/mol. The second kappa shape index (κ2) is 11.3. The first-order chi connectivity index (χ1) is 26.3. The van der Waals surface area contributed by atoms with Crippen LogP contribution in [0.25, 0.3) is 64.3 Å². The van der Waals surface area contributed by atoms with Crippen LogP contribution in [0.2, 0.25) is 0 Å². The maximum atomic E-state index is 2.51. The fourth-order valence-corrected chi connectivity index (χ4v) is 11.0. The zero-order valence-corrected chi connectivity index (χ0v) is 31.8. The van der Waals surface area contributed by atoms with E-state index >= 15 is 0 Å². The Morgan fingerprint density at radius 1 is 0.407 bits per heavy atom. The molecule has 258 valence electrons. The Kier molecular flexibility index (Phi) is 6.59. The van der Waals surface area contributed by atoms with Crippen molar-refractivity contribution in [3.63, 3.8) is 0 Å². The highest BCUT2D eigenvalue weighted by molar-refractivity contribution is 7.26. The van der Waals surface area contributed by atoms with Gasteiger partial charge in [-0.1, -0.05) is 149 Å². The minimum atomic E-state index is -0.100. The van der Waals surface area contributed by atoms with Crippen molar-refractivity contribution >= 4 is 59.3 Å². The number of anilines is 3. The second-order valence-electron chi connectivity index (χ2n) is 16.1. The molecule has 2 heteroatoms. The van der Waals surface area contributed by atoms with Crippen LogP contribution in [0.15, 0.2) is 164 Å². The van der Waals surface area contributed by atoms with Gasteiger partial charge >= 0.3 is 0 Å². The van der Waals surface area contributed by atoms with Gasteiger partial charge in [0.25, 0.3) is 0 Å². The van der Waals surface area contributed by atoms with E-state index in [1.165, 1.54) is 98.0 Å². The standard InChI is InChI=1S/C52H39NS/c1-51(2)43-20-11-8-17-39(43)50-44(51)21-13-22-46(50)53(34-28-29-37-36-15-7-10-19-42(36)52(3,4)45(37)30-34)33-26-24-32(25-27-33)41-31-48-49(38-16-6-5-14-35(38)41)40-18-9-12-23-47(40)54-48/h5-31H,1-4H3. The molecule has 0 bridgehead atoms. The molecule has 1 nitrogen and oxygen atoms in total. The van der Waals surface area contributed by atoms with Gasteiger partial charge in [-0.2, -0.15) is 0 Å². The van der Waals surface area contributed by atoms with E-state index in [1.807, 2.05) is 11.3 Å². The van der Waals surface area contributed by atoms with E-state index in [0.717, 1.165) is 5.69 Å². The first-order valence-electron chi connectivity index (χ1n) is 19.0. The maximum absolute atomic E-state index is 2.51. The van der Waals surface area contributed by atoms with Gasteiger partial charge in [0.05, 0.1) is 5.69 Å². The van der Waals surface area contributed by atoms with Crippen LogP contribution in [0.5, 0.6) is 0 Å². The third kappa shape index (κ3) is 4.32. The second-order valence-corrected chi connectivity index (χ2v) is 17.2. The molecule has 0 spiro atoms. The molecule has 0 unspecified atom stereocenters. The van der Waals surface area contributed by atoms with Crippen molar-refractivity contribution in [1.29, 1.82) is 0 Å². The lowest BCUT2D eigenvalue weighted by molar-refractivity contribution is 0.660. The number of rotatable bonds is 4. The van der Waals surface area contributed by atoms with E-state index in [-0.39, 0.29) is 10.8 Å². The van der Waals surface area contributed by atoms with Gasteiger partial charge in [-0.15, -0.1) is 11.3 Å². The number of thiophene rings is 1. The van der Waals surface area contributed by atoms with E-state index in [9.17, 15) is 0 Å². The van der Waals surface area contributed by atoms with Gasteiger partial charge in [-0.25, -0.2) is 0 Å². The lowest BCUT2D eigenvalue weighted by Gasteiger charge is -2.30. The molecule has 0 atom stereocenters. The quantitative estimate of drug-likeness (QED) is 0.176. The average Bonchev–Trinajstić information content (AvgIpc) is 3.78. The largest absolute Gasteiger partial charge is 0.310 e. The fourth-order valence-electron chi connectivity index (χ4n) is 9.80. The minimum absolute atomic E-state index is 0.0919. The number of benzene rings is 8. The molecule has 11 rings (SSSR count). The van der Waals surface area contributed by atoms with Crippen LogP contribution < -0.4 is 4.90 Å². The van der Waals surface area contributed by atoms with Crippen LogP contribution in [0.1, 0.15) is 49.9 Å². The van der Waals surface area contributed by atoms with Crippen LogP contribution in [0, 0.1) is 0 Å². The monoisotopic (exact) mass is 709 g/mol. The molecule has 2 aliphatic rings. The van der Waals surface area contributed by atoms with Gasteiger partial charge in [0.2, 0.25) is 0 Å². The molecule has 0 radical (unpaired) electrons. The van der Waals surface area contributed by atoms with Crippen molar-refractivity contribution in [2.45, 2.75) is 38.5 Å². The van der Waals surface area contributed by atoms with Gasteiger partial charge in [0.1, 0.15) is 0 Å². The smallest absolute Gasteiger partial charge is 0.0543 e. The molecule has 8 aromatic carbocycles. The minimum Gasteiger partial charge on any atom is -0.310 e. The van der Waals surface area contributed by atoms with E-state index < -0.39 is 0 Å². The Morgan fingerprint density at radius 2 is 1.00 bits per heavy atom. The molecule has 54 heavy (non-hydrogen) atoms. The van der Waals surface area contributed by atoms with Crippen LogP contribution in [0.3, 0.4) is 0 Å². The van der Waals surface area contributed by atoms with Crippen LogP contribution in [-0.4, -0.2) is 0 Å². The van der Waals surface area contributed by atoms with Gasteiger partial charge in [-0.3, -0.25) is 0 Å². The summed E-state index contributed by atoms with van der Waals surface area (Å²) < 4.78 is 2.67. The summed E-state index contributed by atoms with van der Waals surface area (Å²) in [4.78, 5) is 2.51. The lowest BCUT2D eigenvalue weighted by Crippen LogP contribution is -2.17. The molecule has 0 aliphatic heterocycles. The molecule has 1 heterocycles. The molecule has 0 fully saturated rings. The average molecular weight is 710 g/mol. The molecule has 9 aromatic rings. The van der Waals surface area contributed by atoms with E-state index in [2.05, 4.69) is 196 Å². The zero-order chi connectivity index (χ0) is 36.3. The van der Waals surface area contributed by atoms with Crippen molar-refractivity contribution in [2.75, 3.05) is 4.90 Å². The molecule has 0 saturated carbocycles. The summed E-state index contributed by atoms with van der Waals surface area (Å²) in [7, 11) is 0. The molecule has 1 aromatic heterocycles. The molecular formula is C52H39NS. The number of fused-ring (bicyclic) bond motifs is 11. The normalized spacial score (nSPS) is 14.6. The Bertz CT molecular complexity index is 3000. The summed E-state index contributed by atoms with van der Waals surface area (Å²) in [6.45, 7) is 9.48. The van der Waals surface area contributed by atoms with Gasteiger partial charge in [0, 0.05) is 47.9 Å². The maximum Gasteiger partial charge on any atom is 0.0543 e. The molecular weight excluding hydrogens is 671 g/mol. The molecule has 0 saturated heterocycles. The third-order valence-corrected chi connectivity index (χ3v) is 13.6. The van der Waals surface area contributed by atoms with Crippen molar-refractivity contribution < 1.29 is 0 Å². The summed E-state index contributed by atoms with van der Waals surface area (Å²) >= 11 is 1.89. The number of hydrogen-bond acceptors (Lipinski definition) is 2. The van der Waals surface area contributed by atoms with E-state index in [0.29, 0.717) is 0 Å². The Hall–Kier alpha value is -5.96. The number of hydrogen-bond donors (Lipinski definition) is 0. The van der Waals surface area contributed by atoms with Crippen LogP contribution in [0.4, 0.5) is 17.1 Å². The summed E-state index contributed by atoms with van der Waals surface area (Å²) in [6, 6.07) is 61.4. The van der Waals surface area contributed by atoms with Crippen molar-refractivity contribution in [2.24, 2.45) is 0 Å². The topological polar surface area (TPSA) is 3.24 Å². The van der Waals surface area contributed by atoms with E-state index in [1.54, 1.807) is 0 Å². The van der Waals surface area contributed by atoms with E-state index in [4.69, 9.17) is 0 Å². The predicted octanol–water partition coefficient (Wildman–Crippen LogP) is 15.0. The SMILES string of the molecule is CC1(C)c2ccccc2-c2ccc(N(c3ccc(-c4cc5sc6ccccc6c5c5ccccc45)cc3)c3cccc4c3-c3ccccc3C4(C)C)cc21. The first-order valence-corrected chi connectivity index (χ1v) is 19.8. The van der Waals surface area contributed by atoms with Crippen molar-refractivity contribution in [1.82, 2.24) is 0 Å². The van der Waals surface area contributed by atoms with Crippen molar-refractivity contribution in [3.05, 3.63) is 186 Å². The zero-order valence-electron chi connectivity index (χ0n) is 30.9. The Labute approximate surface area is 320 Å².